The summed E-state index contributed by atoms with van der Waals surface area (Å²) >= 11 is 1.16. The number of carbonyl (C=O) groups is 2. The smallest absolute Gasteiger partial charge is 0.348 e. The second-order valence-electron chi connectivity index (χ2n) is 6.75. The van der Waals surface area contributed by atoms with Crippen LogP contribution < -0.4 is 5.32 Å². The second-order valence-corrected chi connectivity index (χ2v) is 9.74. The minimum absolute atomic E-state index is 0.205. The van der Waals surface area contributed by atoms with Crippen molar-refractivity contribution in [2.75, 3.05) is 38.2 Å². The molecule has 1 aliphatic rings. The Morgan fingerprint density at radius 1 is 1.23 bits per heavy atom. The maximum atomic E-state index is 12.6. The molecule has 1 amide bonds. The molecule has 2 heterocycles. The summed E-state index contributed by atoms with van der Waals surface area (Å²) < 4.78 is 36.9. The first-order chi connectivity index (χ1) is 14.8. The summed E-state index contributed by atoms with van der Waals surface area (Å²) in [6, 6.07) is 8.05. The van der Waals surface area contributed by atoms with Gasteiger partial charge in [-0.05, 0) is 49.2 Å². The van der Waals surface area contributed by atoms with E-state index in [-0.39, 0.29) is 17.4 Å². The van der Waals surface area contributed by atoms with Crippen LogP contribution in [0.1, 0.15) is 27.7 Å². The Labute approximate surface area is 185 Å². The summed E-state index contributed by atoms with van der Waals surface area (Å²) in [6.07, 6.45) is 2.94. The molecular formula is C21H24N2O6S2. The molecule has 0 radical (unpaired) electrons. The molecule has 0 unspecified atom stereocenters. The predicted molar refractivity (Wildman–Crippen MR) is 119 cm³/mol. The number of ether oxygens (including phenoxy) is 2. The molecule has 0 saturated carbocycles. The van der Waals surface area contributed by atoms with Crippen LogP contribution in [0.25, 0.3) is 6.08 Å². The van der Waals surface area contributed by atoms with Crippen molar-refractivity contribution in [3.8, 4) is 0 Å². The first kappa shape index (κ1) is 23.1. The number of hydrogen-bond acceptors (Lipinski definition) is 7. The fourth-order valence-corrected chi connectivity index (χ4v) is 5.34. The van der Waals surface area contributed by atoms with Gasteiger partial charge in [-0.2, -0.15) is 4.31 Å². The lowest BCUT2D eigenvalue weighted by Crippen LogP contribution is -2.40. The highest BCUT2D eigenvalue weighted by molar-refractivity contribution is 7.89. The van der Waals surface area contributed by atoms with Crippen LogP contribution in [0.3, 0.4) is 0 Å². The van der Waals surface area contributed by atoms with Crippen LogP contribution in [-0.2, 0) is 24.3 Å². The first-order valence-electron chi connectivity index (χ1n) is 9.76. The summed E-state index contributed by atoms with van der Waals surface area (Å²) in [5, 5.41) is 3.26. The van der Waals surface area contributed by atoms with Crippen LogP contribution in [0, 0.1) is 6.92 Å². The van der Waals surface area contributed by atoms with Gasteiger partial charge in [0, 0.05) is 19.2 Å². The Morgan fingerprint density at radius 2 is 1.90 bits per heavy atom. The SMILES string of the molecule is CCOC(=O)c1sc(NC(=O)C=Cc2ccc(S(=O)(=O)N3CCOCC3)cc2)cc1C. The van der Waals surface area contributed by atoms with Crippen molar-refractivity contribution in [1.29, 1.82) is 0 Å². The van der Waals surface area contributed by atoms with Crippen molar-refractivity contribution in [2.24, 2.45) is 0 Å². The monoisotopic (exact) mass is 464 g/mol. The first-order valence-corrected chi connectivity index (χ1v) is 12.0. The normalized spacial score (nSPS) is 15.2. The van der Waals surface area contributed by atoms with Crippen LogP contribution in [0.2, 0.25) is 0 Å². The number of nitrogens with one attached hydrogen (secondary N) is 1. The number of rotatable bonds is 7. The summed E-state index contributed by atoms with van der Waals surface area (Å²) in [4.78, 5) is 24.8. The maximum Gasteiger partial charge on any atom is 0.348 e. The number of hydrogen-bond donors (Lipinski definition) is 1. The minimum Gasteiger partial charge on any atom is -0.462 e. The van der Waals surface area contributed by atoms with Crippen LogP contribution in [0.5, 0.6) is 0 Å². The van der Waals surface area contributed by atoms with Gasteiger partial charge in [-0.25, -0.2) is 13.2 Å². The Balaban J connectivity index is 1.62. The number of aryl methyl sites for hydroxylation is 1. The van der Waals surface area contributed by atoms with Gasteiger partial charge in [0.15, 0.2) is 0 Å². The van der Waals surface area contributed by atoms with Crippen molar-refractivity contribution < 1.29 is 27.5 Å². The molecule has 1 fully saturated rings. The highest BCUT2D eigenvalue weighted by atomic mass is 32.2. The van der Waals surface area contributed by atoms with Gasteiger partial charge in [-0.1, -0.05) is 12.1 Å². The number of morpholine rings is 1. The molecule has 1 saturated heterocycles. The lowest BCUT2D eigenvalue weighted by atomic mass is 10.2. The molecule has 10 heteroatoms. The van der Waals surface area contributed by atoms with E-state index in [1.807, 2.05) is 0 Å². The van der Waals surface area contributed by atoms with E-state index in [0.717, 1.165) is 16.9 Å². The fraction of sp³-hybridized carbons (Fsp3) is 0.333. The number of sulfonamides is 1. The van der Waals surface area contributed by atoms with Crippen molar-refractivity contribution in [3.05, 3.63) is 52.4 Å². The Kier molecular flexibility index (Phi) is 7.60. The van der Waals surface area contributed by atoms with E-state index in [0.29, 0.717) is 41.7 Å². The van der Waals surface area contributed by atoms with Crippen molar-refractivity contribution >= 4 is 44.3 Å². The summed E-state index contributed by atoms with van der Waals surface area (Å²) in [5.41, 5.74) is 1.42. The van der Waals surface area contributed by atoms with Gasteiger partial charge in [0.05, 0.1) is 29.7 Å². The number of esters is 1. The van der Waals surface area contributed by atoms with Crippen LogP contribution in [0.4, 0.5) is 5.00 Å². The molecule has 0 bridgehead atoms. The standard InChI is InChI=1S/C21H24N2O6S2/c1-3-29-21(25)20-15(2)14-19(30-20)22-18(24)9-6-16-4-7-17(8-5-16)31(26,27)23-10-12-28-13-11-23/h4-9,14H,3,10-13H2,1-2H3,(H,22,24). The van der Waals surface area contributed by atoms with Crippen molar-refractivity contribution in [1.82, 2.24) is 4.31 Å². The van der Waals surface area contributed by atoms with Crippen LogP contribution >= 0.6 is 11.3 Å². The third-order valence-corrected chi connectivity index (χ3v) is 7.59. The Hall–Kier alpha value is -2.53. The molecule has 0 spiro atoms. The van der Waals surface area contributed by atoms with Gasteiger partial charge < -0.3 is 14.8 Å². The molecule has 8 nitrogen and oxygen atoms in total. The average Bonchev–Trinajstić information content (AvgIpc) is 3.13. The molecule has 0 atom stereocenters. The molecule has 31 heavy (non-hydrogen) atoms. The molecule has 3 rings (SSSR count). The van der Waals surface area contributed by atoms with Gasteiger partial charge in [-0.15, -0.1) is 11.3 Å². The summed E-state index contributed by atoms with van der Waals surface area (Å²) in [7, 11) is -3.55. The molecule has 2 aromatic rings. The number of anilines is 1. The lowest BCUT2D eigenvalue weighted by Gasteiger charge is -2.26. The second kappa shape index (κ2) is 10.2. The fourth-order valence-electron chi connectivity index (χ4n) is 2.96. The van der Waals surface area contributed by atoms with Gasteiger partial charge in [0.1, 0.15) is 4.88 Å². The Morgan fingerprint density at radius 3 is 2.55 bits per heavy atom. The van der Waals surface area contributed by atoms with Gasteiger partial charge >= 0.3 is 5.97 Å². The number of amides is 1. The summed E-state index contributed by atoms with van der Waals surface area (Å²) in [6.45, 7) is 5.25. The van der Waals surface area contributed by atoms with Gasteiger partial charge in [-0.3, -0.25) is 4.79 Å². The van der Waals surface area contributed by atoms with Crippen LogP contribution in [0.15, 0.2) is 41.3 Å². The van der Waals surface area contributed by atoms with E-state index in [2.05, 4.69) is 5.32 Å². The van der Waals surface area contributed by atoms with E-state index >= 15 is 0 Å². The van der Waals surface area contributed by atoms with E-state index in [9.17, 15) is 18.0 Å². The zero-order chi connectivity index (χ0) is 22.4. The summed E-state index contributed by atoms with van der Waals surface area (Å²) in [5.74, 6) is -0.769. The van der Waals surface area contributed by atoms with E-state index in [1.165, 1.54) is 22.5 Å². The van der Waals surface area contributed by atoms with E-state index < -0.39 is 16.0 Å². The third-order valence-electron chi connectivity index (χ3n) is 4.54. The predicted octanol–water partition coefficient (Wildman–Crippen LogP) is 2.91. The lowest BCUT2D eigenvalue weighted by molar-refractivity contribution is -0.111. The average molecular weight is 465 g/mol. The molecule has 1 aromatic carbocycles. The van der Waals surface area contributed by atoms with E-state index in [1.54, 1.807) is 38.1 Å². The topological polar surface area (TPSA) is 102 Å². The van der Waals surface area contributed by atoms with Gasteiger partial charge in [0.25, 0.3) is 0 Å². The molecular weight excluding hydrogens is 440 g/mol. The number of carbonyl (C=O) groups excluding carboxylic acids is 2. The van der Waals surface area contributed by atoms with Crippen molar-refractivity contribution in [2.45, 2.75) is 18.7 Å². The number of benzene rings is 1. The quantitative estimate of drug-likeness (QED) is 0.499. The molecule has 1 aromatic heterocycles. The van der Waals surface area contributed by atoms with E-state index in [4.69, 9.17) is 9.47 Å². The molecule has 1 aliphatic heterocycles. The zero-order valence-corrected chi connectivity index (χ0v) is 18.9. The molecule has 1 N–H and O–H groups in total. The van der Waals surface area contributed by atoms with Gasteiger partial charge in [0.2, 0.25) is 15.9 Å². The molecule has 166 valence electrons. The maximum absolute atomic E-state index is 12.6. The highest BCUT2D eigenvalue weighted by Gasteiger charge is 2.26. The zero-order valence-electron chi connectivity index (χ0n) is 17.3. The molecule has 0 aliphatic carbocycles. The van der Waals surface area contributed by atoms with Crippen molar-refractivity contribution in [3.63, 3.8) is 0 Å². The number of nitrogens with zero attached hydrogens (tertiary/aromatic N) is 1. The minimum atomic E-state index is -3.55. The Bertz CT molecular complexity index is 1070. The highest BCUT2D eigenvalue weighted by Crippen LogP contribution is 2.27. The third kappa shape index (κ3) is 5.79. The largest absolute Gasteiger partial charge is 0.462 e. The number of thiophene rings is 1. The van der Waals surface area contributed by atoms with Crippen LogP contribution in [-0.4, -0.2) is 57.5 Å².